The van der Waals surface area contributed by atoms with Crippen molar-refractivity contribution in [1.29, 1.82) is 0 Å². The molecule has 0 unspecified atom stereocenters. The van der Waals surface area contributed by atoms with Crippen LogP contribution in [-0.2, 0) is 11.2 Å². The highest BCUT2D eigenvalue weighted by molar-refractivity contribution is 5.54. The zero-order valence-electron chi connectivity index (χ0n) is 9.37. The normalized spacial score (nSPS) is 9.80. The van der Waals surface area contributed by atoms with E-state index in [2.05, 4.69) is 0 Å². The van der Waals surface area contributed by atoms with Crippen LogP contribution >= 0.6 is 0 Å². The summed E-state index contributed by atoms with van der Waals surface area (Å²) in [6.45, 7) is 1.97. The lowest BCUT2D eigenvalue weighted by atomic mass is 10.0. The molecule has 0 aliphatic rings. The molecule has 0 aliphatic carbocycles. The first kappa shape index (κ1) is 11.6. The molecule has 0 heterocycles. The molecule has 3 heteroatoms. The molecule has 15 heavy (non-hydrogen) atoms. The molecule has 0 N–H and O–H groups in total. The van der Waals surface area contributed by atoms with Gasteiger partial charge in [0.25, 0.3) is 0 Å². The van der Waals surface area contributed by atoms with Crippen molar-refractivity contribution in [3.8, 4) is 11.5 Å². The first-order chi connectivity index (χ1) is 7.24. The summed E-state index contributed by atoms with van der Waals surface area (Å²) in [4.78, 5) is 10.4. The third-order valence-corrected chi connectivity index (χ3v) is 2.35. The van der Waals surface area contributed by atoms with Gasteiger partial charge in [0.15, 0.2) is 0 Å². The second-order valence-electron chi connectivity index (χ2n) is 3.30. The molecule has 0 spiro atoms. The van der Waals surface area contributed by atoms with Crippen molar-refractivity contribution >= 4 is 6.29 Å². The molecular formula is C12H16O3. The minimum absolute atomic E-state index is 0.482. The van der Waals surface area contributed by atoms with E-state index in [4.69, 9.17) is 9.47 Å². The van der Waals surface area contributed by atoms with Crippen LogP contribution in [0.15, 0.2) is 12.1 Å². The fourth-order valence-corrected chi connectivity index (χ4v) is 1.64. The Hall–Kier alpha value is -1.51. The van der Waals surface area contributed by atoms with Crippen LogP contribution in [-0.4, -0.2) is 20.5 Å². The number of hydrogen-bond acceptors (Lipinski definition) is 3. The van der Waals surface area contributed by atoms with E-state index in [1.54, 1.807) is 14.2 Å². The third kappa shape index (κ3) is 2.49. The van der Waals surface area contributed by atoms with Gasteiger partial charge in [0.2, 0.25) is 0 Å². The van der Waals surface area contributed by atoms with E-state index >= 15 is 0 Å². The lowest BCUT2D eigenvalue weighted by molar-refractivity contribution is -0.107. The van der Waals surface area contributed by atoms with E-state index in [-0.39, 0.29) is 0 Å². The fourth-order valence-electron chi connectivity index (χ4n) is 1.64. The van der Waals surface area contributed by atoms with Crippen LogP contribution in [0.4, 0.5) is 0 Å². The minimum atomic E-state index is 0.482. The van der Waals surface area contributed by atoms with E-state index in [1.165, 1.54) is 0 Å². The molecule has 1 aromatic rings. The van der Waals surface area contributed by atoms with Crippen molar-refractivity contribution in [3.05, 3.63) is 23.3 Å². The highest BCUT2D eigenvalue weighted by Crippen LogP contribution is 2.32. The van der Waals surface area contributed by atoms with Crippen LogP contribution in [0.25, 0.3) is 0 Å². The number of aldehydes is 1. The maximum absolute atomic E-state index is 10.4. The molecule has 0 aliphatic heterocycles. The largest absolute Gasteiger partial charge is 0.496 e. The molecule has 0 amide bonds. The Morgan fingerprint density at radius 3 is 2.53 bits per heavy atom. The van der Waals surface area contributed by atoms with E-state index in [0.29, 0.717) is 12.8 Å². The Morgan fingerprint density at radius 1 is 1.27 bits per heavy atom. The van der Waals surface area contributed by atoms with Gasteiger partial charge < -0.3 is 14.3 Å². The second kappa shape index (κ2) is 5.39. The average Bonchev–Trinajstić information content (AvgIpc) is 2.26. The fraction of sp³-hybridized carbons (Fsp3) is 0.417. The van der Waals surface area contributed by atoms with E-state index in [0.717, 1.165) is 28.9 Å². The van der Waals surface area contributed by atoms with Gasteiger partial charge in [-0.3, -0.25) is 0 Å². The molecule has 82 valence electrons. The van der Waals surface area contributed by atoms with Gasteiger partial charge in [0.1, 0.15) is 17.8 Å². The first-order valence-electron chi connectivity index (χ1n) is 4.88. The molecule has 1 aromatic carbocycles. The van der Waals surface area contributed by atoms with Gasteiger partial charge >= 0.3 is 0 Å². The number of carbonyl (C=O) groups is 1. The lowest BCUT2D eigenvalue weighted by Crippen LogP contribution is -1.99. The number of rotatable bonds is 5. The molecular weight excluding hydrogens is 192 g/mol. The number of aryl methyl sites for hydroxylation is 1. The van der Waals surface area contributed by atoms with Gasteiger partial charge in [-0.05, 0) is 25.0 Å². The Balaban J connectivity index is 3.14. The summed E-state index contributed by atoms with van der Waals surface area (Å²) < 4.78 is 10.6. The third-order valence-electron chi connectivity index (χ3n) is 2.35. The van der Waals surface area contributed by atoms with E-state index in [1.807, 2.05) is 19.1 Å². The number of benzene rings is 1. The predicted octanol–water partition coefficient (Wildman–Crippen LogP) is 2.14. The van der Waals surface area contributed by atoms with Gasteiger partial charge in [-0.15, -0.1) is 0 Å². The number of ether oxygens (including phenoxy) is 2. The van der Waals surface area contributed by atoms with Gasteiger partial charge in [-0.25, -0.2) is 0 Å². The van der Waals surface area contributed by atoms with Crippen molar-refractivity contribution in [2.75, 3.05) is 14.2 Å². The van der Waals surface area contributed by atoms with Crippen molar-refractivity contribution in [2.45, 2.75) is 19.8 Å². The zero-order valence-corrected chi connectivity index (χ0v) is 9.37. The smallest absolute Gasteiger partial charge is 0.128 e. The Morgan fingerprint density at radius 2 is 2.00 bits per heavy atom. The van der Waals surface area contributed by atoms with Crippen LogP contribution in [0.1, 0.15) is 17.5 Å². The van der Waals surface area contributed by atoms with Gasteiger partial charge in [0, 0.05) is 12.0 Å². The monoisotopic (exact) mass is 208 g/mol. The van der Waals surface area contributed by atoms with Crippen LogP contribution in [0, 0.1) is 6.92 Å². The highest BCUT2D eigenvalue weighted by Gasteiger charge is 2.11. The molecule has 0 saturated carbocycles. The minimum Gasteiger partial charge on any atom is -0.496 e. The SMILES string of the molecule is COc1ccc(C)c(OC)c1CCC=O. The quantitative estimate of drug-likeness (QED) is 0.695. The standard InChI is InChI=1S/C12H16O3/c1-9-6-7-11(14-2)10(5-4-8-13)12(9)15-3/h6-8H,4-5H2,1-3H3. The number of carbonyl (C=O) groups excluding carboxylic acids is 1. The summed E-state index contributed by atoms with van der Waals surface area (Å²) >= 11 is 0. The summed E-state index contributed by atoms with van der Waals surface area (Å²) in [7, 11) is 3.25. The van der Waals surface area contributed by atoms with Gasteiger partial charge in [0.05, 0.1) is 14.2 Å². The molecule has 0 aromatic heterocycles. The first-order valence-corrected chi connectivity index (χ1v) is 4.88. The Bertz CT molecular complexity index is 345. The summed E-state index contributed by atoms with van der Waals surface area (Å²) in [5.41, 5.74) is 2.02. The Kier molecular flexibility index (Phi) is 4.16. The van der Waals surface area contributed by atoms with Crippen LogP contribution < -0.4 is 9.47 Å². The molecule has 0 atom stereocenters. The predicted molar refractivity (Wildman–Crippen MR) is 58.7 cm³/mol. The second-order valence-corrected chi connectivity index (χ2v) is 3.30. The van der Waals surface area contributed by atoms with Gasteiger partial charge in [-0.1, -0.05) is 6.07 Å². The number of methoxy groups -OCH3 is 2. The van der Waals surface area contributed by atoms with Crippen LogP contribution in [0.5, 0.6) is 11.5 Å². The summed E-state index contributed by atoms with van der Waals surface area (Å²) in [5.74, 6) is 1.59. The zero-order chi connectivity index (χ0) is 11.3. The molecule has 0 saturated heterocycles. The summed E-state index contributed by atoms with van der Waals surface area (Å²) in [6.07, 6.45) is 2.04. The van der Waals surface area contributed by atoms with Gasteiger partial charge in [-0.2, -0.15) is 0 Å². The average molecular weight is 208 g/mol. The van der Waals surface area contributed by atoms with Crippen LogP contribution in [0.2, 0.25) is 0 Å². The molecule has 0 fully saturated rings. The maximum atomic E-state index is 10.4. The topological polar surface area (TPSA) is 35.5 Å². The van der Waals surface area contributed by atoms with E-state index in [9.17, 15) is 4.79 Å². The van der Waals surface area contributed by atoms with E-state index < -0.39 is 0 Å². The van der Waals surface area contributed by atoms with Crippen molar-refractivity contribution < 1.29 is 14.3 Å². The van der Waals surface area contributed by atoms with Crippen LogP contribution in [0.3, 0.4) is 0 Å². The molecule has 1 rings (SSSR count). The highest BCUT2D eigenvalue weighted by atomic mass is 16.5. The molecule has 0 bridgehead atoms. The maximum Gasteiger partial charge on any atom is 0.128 e. The number of hydrogen-bond donors (Lipinski definition) is 0. The molecule has 3 nitrogen and oxygen atoms in total. The summed E-state index contributed by atoms with van der Waals surface area (Å²) in [5, 5.41) is 0. The van der Waals surface area contributed by atoms with Crippen molar-refractivity contribution in [3.63, 3.8) is 0 Å². The summed E-state index contributed by atoms with van der Waals surface area (Å²) in [6, 6.07) is 3.85. The Labute approximate surface area is 90.0 Å². The lowest BCUT2D eigenvalue weighted by Gasteiger charge is -2.14. The van der Waals surface area contributed by atoms with Crippen molar-refractivity contribution in [1.82, 2.24) is 0 Å². The molecule has 0 radical (unpaired) electrons. The van der Waals surface area contributed by atoms with Crippen molar-refractivity contribution in [2.24, 2.45) is 0 Å².